The molecule has 4 N–H and O–H groups in total. The zero-order valence-electron chi connectivity index (χ0n) is 8.79. The third-order valence-corrected chi connectivity index (χ3v) is 1.95. The van der Waals surface area contributed by atoms with Crippen LogP contribution >= 0.6 is 0 Å². The van der Waals surface area contributed by atoms with Crippen LogP contribution in [0.25, 0.3) is 0 Å². The van der Waals surface area contributed by atoms with E-state index in [1.54, 1.807) is 18.2 Å². The molecular formula is C10H10N6O. The molecule has 86 valence electrons. The van der Waals surface area contributed by atoms with E-state index in [9.17, 15) is 4.79 Å². The molecule has 0 bridgehead atoms. The molecule has 17 heavy (non-hydrogen) atoms. The summed E-state index contributed by atoms with van der Waals surface area (Å²) in [6, 6.07) is 4.92. The molecule has 0 unspecified atom stereocenters. The minimum atomic E-state index is -0.350. The van der Waals surface area contributed by atoms with Gasteiger partial charge in [-0.05, 0) is 12.1 Å². The lowest BCUT2D eigenvalue weighted by atomic mass is 10.3. The normalized spacial score (nSPS) is 9.71. The lowest BCUT2D eigenvalue weighted by Crippen LogP contribution is -2.16. The van der Waals surface area contributed by atoms with Crippen molar-refractivity contribution in [1.29, 1.82) is 0 Å². The van der Waals surface area contributed by atoms with E-state index in [0.29, 0.717) is 11.5 Å². The Kier molecular flexibility index (Phi) is 3.22. The molecule has 0 aromatic carbocycles. The number of anilines is 2. The lowest BCUT2D eigenvalue weighted by Gasteiger charge is -2.04. The minimum Gasteiger partial charge on any atom is -0.318 e. The van der Waals surface area contributed by atoms with Gasteiger partial charge >= 0.3 is 0 Å². The van der Waals surface area contributed by atoms with Crippen molar-refractivity contribution in [2.75, 3.05) is 10.7 Å². The molecule has 0 aliphatic carbocycles. The van der Waals surface area contributed by atoms with Crippen LogP contribution in [-0.4, -0.2) is 20.9 Å². The summed E-state index contributed by atoms with van der Waals surface area (Å²) in [6.45, 7) is 0. The van der Waals surface area contributed by atoms with E-state index in [1.165, 1.54) is 18.7 Å². The molecule has 2 aromatic rings. The van der Waals surface area contributed by atoms with Crippen LogP contribution in [0.5, 0.6) is 0 Å². The first kappa shape index (κ1) is 11.0. The number of hydrazine groups is 1. The van der Waals surface area contributed by atoms with Crippen molar-refractivity contribution in [2.24, 2.45) is 5.84 Å². The number of nitrogen functional groups attached to an aromatic ring is 1. The van der Waals surface area contributed by atoms with E-state index in [-0.39, 0.29) is 11.6 Å². The van der Waals surface area contributed by atoms with E-state index in [2.05, 4.69) is 25.7 Å². The Hall–Kier alpha value is -2.54. The Morgan fingerprint density at radius 3 is 2.71 bits per heavy atom. The Labute approximate surface area is 97.1 Å². The van der Waals surface area contributed by atoms with Gasteiger partial charge in [0, 0.05) is 0 Å². The number of carbonyl (C=O) groups is 1. The van der Waals surface area contributed by atoms with Gasteiger partial charge in [-0.2, -0.15) is 0 Å². The van der Waals surface area contributed by atoms with E-state index in [0.717, 1.165) is 0 Å². The van der Waals surface area contributed by atoms with Gasteiger partial charge in [-0.3, -0.25) is 4.79 Å². The molecular weight excluding hydrogens is 220 g/mol. The van der Waals surface area contributed by atoms with Gasteiger partial charge in [-0.1, -0.05) is 6.07 Å². The Morgan fingerprint density at radius 2 is 2.00 bits per heavy atom. The van der Waals surface area contributed by atoms with Crippen LogP contribution in [0.3, 0.4) is 0 Å². The fourth-order valence-electron chi connectivity index (χ4n) is 1.20. The monoisotopic (exact) mass is 230 g/mol. The molecule has 2 aromatic heterocycles. The van der Waals surface area contributed by atoms with Gasteiger partial charge < -0.3 is 10.7 Å². The van der Waals surface area contributed by atoms with Crippen molar-refractivity contribution in [3.8, 4) is 0 Å². The topological polar surface area (TPSA) is 106 Å². The van der Waals surface area contributed by atoms with Gasteiger partial charge in [-0.25, -0.2) is 20.8 Å². The lowest BCUT2D eigenvalue weighted by molar-refractivity contribution is 0.102. The number of nitrogens with one attached hydrogen (secondary N) is 2. The van der Waals surface area contributed by atoms with Crippen LogP contribution < -0.4 is 16.6 Å². The van der Waals surface area contributed by atoms with Crippen molar-refractivity contribution in [1.82, 2.24) is 15.0 Å². The van der Waals surface area contributed by atoms with Crippen LogP contribution in [0.15, 0.2) is 36.9 Å². The van der Waals surface area contributed by atoms with E-state index >= 15 is 0 Å². The Bertz CT molecular complexity index is 515. The zero-order chi connectivity index (χ0) is 12.1. The summed E-state index contributed by atoms with van der Waals surface area (Å²) in [5, 5.41) is 2.61. The SMILES string of the molecule is NNc1cccc(C(=O)Nc2cncnc2)n1. The molecule has 0 aliphatic heterocycles. The second-order valence-electron chi connectivity index (χ2n) is 3.13. The van der Waals surface area contributed by atoms with Crippen LogP contribution in [0.4, 0.5) is 11.5 Å². The molecule has 7 heteroatoms. The van der Waals surface area contributed by atoms with Crippen molar-refractivity contribution in [2.45, 2.75) is 0 Å². The molecule has 2 heterocycles. The number of nitrogens with zero attached hydrogens (tertiary/aromatic N) is 3. The zero-order valence-corrected chi connectivity index (χ0v) is 8.79. The van der Waals surface area contributed by atoms with Gasteiger partial charge in [0.15, 0.2) is 0 Å². The minimum absolute atomic E-state index is 0.254. The van der Waals surface area contributed by atoms with Crippen LogP contribution in [0.2, 0.25) is 0 Å². The highest BCUT2D eigenvalue weighted by Crippen LogP contribution is 2.07. The summed E-state index contributed by atoms with van der Waals surface area (Å²) in [7, 11) is 0. The average molecular weight is 230 g/mol. The summed E-state index contributed by atoms with van der Waals surface area (Å²) in [4.78, 5) is 23.4. The fraction of sp³-hybridized carbons (Fsp3) is 0. The summed E-state index contributed by atoms with van der Waals surface area (Å²) >= 11 is 0. The first-order valence-corrected chi connectivity index (χ1v) is 4.79. The first-order valence-electron chi connectivity index (χ1n) is 4.79. The number of carbonyl (C=O) groups excluding carboxylic acids is 1. The second-order valence-corrected chi connectivity index (χ2v) is 3.13. The smallest absolute Gasteiger partial charge is 0.274 e. The number of nitrogens with two attached hydrogens (primary N) is 1. The molecule has 0 radical (unpaired) electrons. The largest absolute Gasteiger partial charge is 0.318 e. The predicted octanol–water partition coefficient (Wildman–Crippen LogP) is 0.410. The molecule has 0 saturated carbocycles. The van der Waals surface area contributed by atoms with Gasteiger partial charge in [0.2, 0.25) is 0 Å². The third-order valence-electron chi connectivity index (χ3n) is 1.95. The highest BCUT2D eigenvalue weighted by atomic mass is 16.1. The van der Waals surface area contributed by atoms with Crippen LogP contribution in [-0.2, 0) is 0 Å². The molecule has 1 amide bonds. The number of amides is 1. The van der Waals surface area contributed by atoms with Gasteiger partial charge in [0.1, 0.15) is 17.8 Å². The molecule has 0 aliphatic rings. The van der Waals surface area contributed by atoms with Gasteiger partial charge in [0.05, 0.1) is 18.1 Å². The van der Waals surface area contributed by atoms with Crippen molar-refractivity contribution in [3.05, 3.63) is 42.6 Å². The molecule has 0 saturated heterocycles. The maximum Gasteiger partial charge on any atom is 0.274 e. The molecule has 7 nitrogen and oxygen atoms in total. The Morgan fingerprint density at radius 1 is 1.24 bits per heavy atom. The maximum absolute atomic E-state index is 11.8. The van der Waals surface area contributed by atoms with Crippen LogP contribution in [0.1, 0.15) is 10.5 Å². The predicted molar refractivity (Wildman–Crippen MR) is 62.0 cm³/mol. The van der Waals surface area contributed by atoms with E-state index < -0.39 is 0 Å². The Balaban J connectivity index is 2.14. The van der Waals surface area contributed by atoms with Gasteiger partial charge in [0.25, 0.3) is 5.91 Å². The van der Waals surface area contributed by atoms with E-state index in [1.807, 2.05) is 0 Å². The highest BCUT2D eigenvalue weighted by molar-refractivity contribution is 6.02. The van der Waals surface area contributed by atoms with Crippen molar-refractivity contribution in [3.63, 3.8) is 0 Å². The summed E-state index contributed by atoms with van der Waals surface area (Å²) in [5.41, 5.74) is 3.13. The maximum atomic E-state index is 11.8. The average Bonchev–Trinajstić information content (AvgIpc) is 2.40. The molecule has 2 rings (SSSR count). The summed E-state index contributed by atoms with van der Waals surface area (Å²) < 4.78 is 0. The molecule has 0 fully saturated rings. The van der Waals surface area contributed by atoms with E-state index in [4.69, 9.17) is 5.84 Å². The number of hydrogen-bond acceptors (Lipinski definition) is 6. The van der Waals surface area contributed by atoms with Crippen molar-refractivity contribution < 1.29 is 4.79 Å². The highest BCUT2D eigenvalue weighted by Gasteiger charge is 2.08. The second kappa shape index (κ2) is 4.99. The quantitative estimate of drug-likeness (QED) is 0.521. The summed E-state index contributed by atoms with van der Waals surface area (Å²) in [5.74, 6) is 5.28. The number of aromatic nitrogens is 3. The number of pyridine rings is 1. The molecule has 0 atom stereocenters. The number of rotatable bonds is 3. The molecule has 0 spiro atoms. The first-order chi connectivity index (χ1) is 8.29. The summed E-state index contributed by atoms with van der Waals surface area (Å²) in [6.07, 6.45) is 4.37. The standard InChI is InChI=1S/C10H10N6O/c11-16-9-3-1-2-8(15-9)10(17)14-7-4-12-6-13-5-7/h1-6H,11H2,(H,14,17)(H,15,16). The third kappa shape index (κ3) is 2.73. The fourth-order valence-corrected chi connectivity index (χ4v) is 1.20. The van der Waals surface area contributed by atoms with Gasteiger partial charge in [-0.15, -0.1) is 0 Å². The number of hydrogen-bond donors (Lipinski definition) is 3. The van der Waals surface area contributed by atoms with Crippen molar-refractivity contribution >= 4 is 17.4 Å². The van der Waals surface area contributed by atoms with Crippen LogP contribution in [0, 0.1) is 0 Å².